The van der Waals surface area contributed by atoms with E-state index in [1.807, 2.05) is 12.1 Å². The Morgan fingerprint density at radius 2 is 2.18 bits per heavy atom. The molecule has 1 aliphatic rings. The van der Waals surface area contributed by atoms with Crippen molar-refractivity contribution in [3.05, 3.63) is 18.3 Å². The lowest BCUT2D eigenvalue weighted by molar-refractivity contribution is 0.232. The van der Waals surface area contributed by atoms with Crippen LogP contribution in [-0.4, -0.2) is 18.1 Å². The zero-order valence-electron chi connectivity index (χ0n) is 11.1. The van der Waals surface area contributed by atoms with Gasteiger partial charge in [-0.3, -0.25) is 0 Å². The molecule has 17 heavy (non-hydrogen) atoms. The second kappa shape index (κ2) is 4.94. The molecule has 0 aromatic carbocycles. The van der Waals surface area contributed by atoms with Crippen molar-refractivity contribution in [3.63, 3.8) is 0 Å². The van der Waals surface area contributed by atoms with Crippen LogP contribution in [0, 0.1) is 17.8 Å². The summed E-state index contributed by atoms with van der Waals surface area (Å²) in [5.74, 6) is 3.39. The molecule has 94 valence electrons. The van der Waals surface area contributed by atoms with Gasteiger partial charge in [-0.2, -0.15) is 0 Å². The number of hydrogen-bond donors (Lipinski definition) is 1. The van der Waals surface area contributed by atoms with Crippen LogP contribution < -0.4 is 10.6 Å². The van der Waals surface area contributed by atoms with Crippen LogP contribution in [0.25, 0.3) is 0 Å². The minimum absolute atomic E-state index is 0.736. The predicted molar refractivity (Wildman–Crippen MR) is 73.0 cm³/mol. The lowest BCUT2D eigenvalue weighted by Crippen LogP contribution is -2.42. The van der Waals surface area contributed by atoms with Gasteiger partial charge in [-0.15, -0.1) is 0 Å². The van der Waals surface area contributed by atoms with Crippen LogP contribution in [0.4, 0.5) is 11.5 Å². The first-order valence-corrected chi connectivity index (χ1v) is 6.54. The van der Waals surface area contributed by atoms with E-state index in [2.05, 4.69) is 30.7 Å². The number of rotatable bonds is 2. The molecule has 0 radical (unpaired) electrons. The highest BCUT2D eigenvalue weighted by Gasteiger charge is 2.28. The molecule has 1 aromatic rings. The first-order chi connectivity index (χ1) is 8.08. The van der Waals surface area contributed by atoms with Crippen LogP contribution in [0.2, 0.25) is 0 Å². The smallest absolute Gasteiger partial charge is 0.128 e. The minimum Gasteiger partial charge on any atom is -0.397 e. The maximum atomic E-state index is 5.67. The summed E-state index contributed by atoms with van der Waals surface area (Å²) in [5.41, 5.74) is 6.41. The molecule has 0 saturated carbocycles. The van der Waals surface area contributed by atoms with Crippen LogP contribution in [0.3, 0.4) is 0 Å². The van der Waals surface area contributed by atoms with Crippen molar-refractivity contribution in [2.24, 2.45) is 17.8 Å². The zero-order chi connectivity index (χ0) is 12.4. The summed E-state index contributed by atoms with van der Waals surface area (Å²) in [6, 6.07) is 3.97. The van der Waals surface area contributed by atoms with Crippen molar-refractivity contribution in [1.29, 1.82) is 0 Å². The molecular weight excluding hydrogens is 210 g/mol. The number of pyridine rings is 1. The third kappa shape index (κ3) is 2.71. The van der Waals surface area contributed by atoms with Gasteiger partial charge in [0.05, 0.1) is 11.9 Å². The number of piperidine rings is 1. The van der Waals surface area contributed by atoms with E-state index in [1.54, 1.807) is 6.20 Å². The first-order valence-electron chi connectivity index (χ1n) is 6.54. The Morgan fingerprint density at radius 3 is 2.76 bits per heavy atom. The molecule has 2 heterocycles. The molecule has 2 unspecified atom stereocenters. The number of nitrogen functional groups attached to an aromatic ring is 1. The van der Waals surface area contributed by atoms with Gasteiger partial charge in [0, 0.05) is 13.1 Å². The van der Waals surface area contributed by atoms with Gasteiger partial charge in [-0.05, 0) is 36.3 Å². The molecule has 2 rings (SSSR count). The molecule has 0 amide bonds. The zero-order valence-corrected chi connectivity index (χ0v) is 11.1. The standard InChI is InChI=1S/C14H23N3/c1-10(2)13-9-17(7-6-11(13)3)14-5-4-12(15)8-16-14/h4-5,8,10-11,13H,6-7,9,15H2,1-3H3. The van der Waals surface area contributed by atoms with Crippen LogP contribution in [-0.2, 0) is 0 Å². The summed E-state index contributed by atoms with van der Waals surface area (Å²) in [5, 5.41) is 0. The summed E-state index contributed by atoms with van der Waals surface area (Å²) in [6.45, 7) is 9.25. The Morgan fingerprint density at radius 1 is 1.41 bits per heavy atom. The van der Waals surface area contributed by atoms with Crippen molar-refractivity contribution in [3.8, 4) is 0 Å². The first kappa shape index (κ1) is 12.2. The number of nitrogens with two attached hydrogens (primary N) is 1. The second-order valence-electron chi connectivity index (χ2n) is 5.57. The van der Waals surface area contributed by atoms with Gasteiger partial charge in [0.2, 0.25) is 0 Å². The van der Waals surface area contributed by atoms with E-state index in [0.29, 0.717) is 0 Å². The fourth-order valence-corrected chi connectivity index (χ4v) is 2.76. The van der Waals surface area contributed by atoms with E-state index in [4.69, 9.17) is 5.73 Å². The quantitative estimate of drug-likeness (QED) is 0.854. The Balaban J connectivity index is 2.10. The molecule has 2 atom stereocenters. The van der Waals surface area contributed by atoms with E-state index >= 15 is 0 Å². The molecule has 0 spiro atoms. The van der Waals surface area contributed by atoms with Crippen molar-refractivity contribution in [2.75, 3.05) is 23.7 Å². The minimum atomic E-state index is 0.736. The lowest BCUT2D eigenvalue weighted by atomic mass is 9.79. The normalized spacial score (nSPS) is 25.3. The molecule has 2 N–H and O–H groups in total. The fraction of sp³-hybridized carbons (Fsp3) is 0.643. The average Bonchev–Trinajstić information content (AvgIpc) is 2.30. The van der Waals surface area contributed by atoms with Gasteiger partial charge < -0.3 is 10.6 Å². The monoisotopic (exact) mass is 233 g/mol. The van der Waals surface area contributed by atoms with Gasteiger partial charge in [0.1, 0.15) is 5.82 Å². The second-order valence-corrected chi connectivity index (χ2v) is 5.57. The maximum absolute atomic E-state index is 5.67. The van der Waals surface area contributed by atoms with E-state index < -0.39 is 0 Å². The molecule has 3 heteroatoms. The Hall–Kier alpha value is -1.25. The number of anilines is 2. The van der Waals surface area contributed by atoms with Gasteiger partial charge in [-0.25, -0.2) is 4.98 Å². The van der Waals surface area contributed by atoms with Gasteiger partial charge in [-0.1, -0.05) is 20.8 Å². The van der Waals surface area contributed by atoms with Crippen molar-refractivity contribution in [2.45, 2.75) is 27.2 Å². The highest BCUT2D eigenvalue weighted by molar-refractivity contribution is 5.46. The summed E-state index contributed by atoms with van der Waals surface area (Å²) in [6.07, 6.45) is 3.01. The van der Waals surface area contributed by atoms with Crippen molar-refractivity contribution < 1.29 is 0 Å². The van der Waals surface area contributed by atoms with Gasteiger partial charge in [0.25, 0.3) is 0 Å². The Labute approximate surface area is 104 Å². The molecule has 1 saturated heterocycles. The number of aromatic nitrogens is 1. The summed E-state index contributed by atoms with van der Waals surface area (Å²) in [4.78, 5) is 6.81. The molecule has 3 nitrogen and oxygen atoms in total. The molecule has 0 bridgehead atoms. The third-order valence-electron chi connectivity index (χ3n) is 3.97. The SMILES string of the molecule is CC(C)C1CN(c2ccc(N)cn2)CCC1C. The highest BCUT2D eigenvalue weighted by atomic mass is 15.2. The number of nitrogens with zero attached hydrogens (tertiary/aromatic N) is 2. The Kier molecular flexibility index (Phi) is 3.55. The predicted octanol–water partition coefficient (Wildman–Crippen LogP) is 2.78. The molecule has 1 aromatic heterocycles. The largest absolute Gasteiger partial charge is 0.397 e. The molecule has 1 aliphatic heterocycles. The maximum Gasteiger partial charge on any atom is 0.128 e. The highest BCUT2D eigenvalue weighted by Crippen LogP contribution is 2.31. The van der Waals surface area contributed by atoms with Crippen LogP contribution in [0.5, 0.6) is 0 Å². The molecular formula is C14H23N3. The van der Waals surface area contributed by atoms with E-state index in [1.165, 1.54) is 6.42 Å². The van der Waals surface area contributed by atoms with E-state index in [-0.39, 0.29) is 0 Å². The van der Waals surface area contributed by atoms with Crippen molar-refractivity contribution >= 4 is 11.5 Å². The van der Waals surface area contributed by atoms with E-state index in [0.717, 1.165) is 42.3 Å². The summed E-state index contributed by atoms with van der Waals surface area (Å²) >= 11 is 0. The lowest BCUT2D eigenvalue weighted by Gasteiger charge is -2.39. The molecule has 0 aliphatic carbocycles. The van der Waals surface area contributed by atoms with Crippen LogP contribution in [0.15, 0.2) is 18.3 Å². The topological polar surface area (TPSA) is 42.1 Å². The van der Waals surface area contributed by atoms with Gasteiger partial charge >= 0.3 is 0 Å². The van der Waals surface area contributed by atoms with Crippen LogP contribution in [0.1, 0.15) is 27.2 Å². The molecule has 1 fully saturated rings. The fourth-order valence-electron chi connectivity index (χ4n) is 2.76. The summed E-state index contributed by atoms with van der Waals surface area (Å²) < 4.78 is 0. The summed E-state index contributed by atoms with van der Waals surface area (Å²) in [7, 11) is 0. The van der Waals surface area contributed by atoms with Gasteiger partial charge in [0.15, 0.2) is 0 Å². The van der Waals surface area contributed by atoms with E-state index in [9.17, 15) is 0 Å². The average molecular weight is 233 g/mol. The number of hydrogen-bond acceptors (Lipinski definition) is 3. The van der Waals surface area contributed by atoms with Crippen molar-refractivity contribution in [1.82, 2.24) is 4.98 Å². The third-order valence-corrected chi connectivity index (χ3v) is 3.97. The van der Waals surface area contributed by atoms with Crippen LogP contribution >= 0.6 is 0 Å². The Bertz CT molecular complexity index is 358.